The number of benzene rings is 3. The Labute approximate surface area is 161 Å². The summed E-state index contributed by atoms with van der Waals surface area (Å²) >= 11 is 6.03. The van der Waals surface area contributed by atoms with Crippen molar-refractivity contribution in [1.29, 1.82) is 0 Å². The molecule has 0 heterocycles. The minimum Gasteiger partial charge on any atom is -0.478 e. The van der Waals surface area contributed by atoms with Gasteiger partial charge in [0.25, 0.3) is 0 Å². The third kappa shape index (κ3) is 4.84. The van der Waals surface area contributed by atoms with Crippen molar-refractivity contribution >= 4 is 35.2 Å². The minimum atomic E-state index is -1.12. The van der Waals surface area contributed by atoms with Gasteiger partial charge in [-0.1, -0.05) is 60.1 Å². The Bertz CT molecular complexity index is 1010. The molecule has 5 heteroatoms. The fourth-order valence-corrected chi connectivity index (χ4v) is 2.78. The van der Waals surface area contributed by atoms with E-state index in [0.717, 1.165) is 16.7 Å². The van der Waals surface area contributed by atoms with Gasteiger partial charge in [0, 0.05) is 11.1 Å². The van der Waals surface area contributed by atoms with Crippen LogP contribution in [0.15, 0.2) is 78.9 Å². The average Bonchev–Trinajstić information content (AvgIpc) is 2.67. The molecule has 0 aliphatic heterocycles. The number of hydrogen-bond acceptors (Lipinski definition) is 2. The monoisotopic (exact) mass is 377 g/mol. The van der Waals surface area contributed by atoms with Crippen LogP contribution in [0.5, 0.6) is 0 Å². The first-order valence-corrected chi connectivity index (χ1v) is 8.58. The standard InChI is InChI=1S/C22H16ClNO3/c23-18-8-4-7-16(13-18)17-10-11-19(22(26)27)20(14-17)24-21(25)12-9-15-5-2-1-3-6-15/h1-14H,(H,24,25)(H,26,27). The lowest BCUT2D eigenvalue weighted by Gasteiger charge is -2.10. The molecule has 1 amide bonds. The number of carboxylic acid groups (broad SMARTS) is 1. The predicted molar refractivity (Wildman–Crippen MR) is 108 cm³/mol. The zero-order chi connectivity index (χ0) is 19.2. The van der Waals surface area contributed by atoms with Crippen molar-refractivity contribution in [2.24, 2.45) is 0 Å². The summed E-state index contributed by atoms with van der Waals surface area (Å²) in [6, 6.07) is 21.3. The highest BCUT2D eigenvalue weighted by Gasteiger charge is 2.13. The van der Waals surface area contributed by atoms with Gasteiger partial charge in [-0.15, -0.1) is 0 Å². The van der Waals surface area contributed by atoms with Crippen LogP contribution in [0.3, 0.4) is 0 Å². The molecule has 0 aromatic heterocycles. The smallest absolute Gasteiger partial charge is 0.337 e. The van der Waals surface area contributed by atoms with Crippen LogP contribution in [0, 0.1) is 0 Å². The van der Waals surface area contributed by atoms with Gasteiger partial charge in [-0.25, -0.2) is 4.79 Å². The fourth-order valence-electron chi connectivity index (χ4n) is 2.59. The average molecular weight is 378 g/mol. The molecular weight excluding hydrogens is 362 g/mol. The molecule has 0 bridgehead atoms. The molecule has 4 nitrogen and oxygen atoms in total. The molecule has 0 saturated carbocycles. The van der Waals surface area contributed by atoms with E-state index in [1.807, 2.05) is 42.5 Å². The normalized spacial score (nSPS) is 10.7. The summed E-state index contributed by atoms with van der Waals surface area (Å²) in [6.45, 7) is 0. The number of carboxylic acids is 1. The van der Waals surface area contributed by atoms with E-state index in [1.54, 1.807) is 30.3 Å². The molecule has 134 valence electrons. The number of anilines is 1. The van der Waals surface area contributed by atoms with Crippen LogP contribution >= 0.6 is 11.6 Å². The third-order valence-corrected chi connectivity index (χ3v) is 4.13. The summed E-state index contributed by atoms with van der Waals surface area (Å²) < 4.78 is 0. The van der Waals surface area contributed by atoms with Gasteiger partial charge in [0.05, 0.1) is 11.3 Å². The van der Waals surface area contributed by atoms with Crippen molar-refractivity contribution in [3.63, 3.8) is 0 Å². The van der Waals surface area contributed by atoms with E-state index in [2.05, 4.69) is 5.32 Å². The van der Waals surface area contributed by atoms with Gasteiger partial charge in [0.15, 0.2) is 0 Å². The van der Waals surface area contributed by atoms with E-state index in [-0.39, 0.29) is 11.3 Å². The number of rotatable bonds is 5. The van der Waals surface area contributed by atoms with Gasteiger partial charge in [-0.3, -0.25) is 4.79 Å². The van der Waals surface area contributed by atoms with Gasteiger partial charge in [0.2, 0.25) is 5.91 Å². The first-order valence-electron chi connectivity index (χ1n) is 8.20. The summed E-state index contributed by atoms with van der Waals surface area (Å²) in [6.07, 6.45) is 3.03. The molecule has 0 radical (unpaired) electrons. The van der Waals surface area contributed by atoms with Crippen molar-refractivity contribution in [3.8, 4) is 11.1 Å². The first-order chi connectivity index (χ1) is 13.0. The highest BCUT2D eigenvalue weighted by molar-refractivity contribution is 6.30. The lowest BCUT2D eigenvalue weighted by molar-refractivity contribution is -0.111. The maximum absolute atomic E-state index is 12.3. The lowest BCUT2D eigenvalue weighted by atomic mass is 10.0. The van der Waals surface area contributed by atoms with Gasteiger partial charge in [0.1, 0.15) is 0 Å². The number of nitrogens with one attached hydrogen (secondary N) is 1. The molecule has 0 saturated heterocycles. The first kappa shape index (κ1) is 18.4. The molecule has 0 spiro atoms. The van der Waals surface area contributed by atoms with Gasteiger partial charge < -0.3 is 10.4 Å². The summed E-state index contributed by atoms with van der Waals surface area (Å²) in [5, 5.41) is 12.6. The third-order valence-electron chi connectivity index (χ3n) is 3.89. The van der Waals surface area contributed by atoms with Gasteiger partial charge in [-0.2, -0.15) is 0 Å². The van der Waals surface area contributed by atoms with E-state index < -0.39 is 11.9 Å². The van der Waals surface area contributed by atoms with E-state index in [0.29, 0.717) is 5.02 Å². The van der Waals surface area contributed by atoms with E-state index in [9.17, 15) is 14.7 Å². The number of halogens is 1. The van der Waals surface area contributed by atoms with Crippen molar-refractivity contribution < 1.29 is 14.7 Å². The maximum Gasteiger partial charge on any atom is 0.337 e. The SMILES string of the molecule is O=C(C=Cc1ccccc1)Nc1cc(-c2cccc(Cl)c2)ccc1C(=O)O. The van der Waals surface area contributed by atoms with Crippen LogP contribution in [0.2, 0.25) is 5.02 Å². The molecule has 3 rings (SSSR count). The molecule has 3 aromatic rings. The number of amides is 1. The Morgan fingerprint density at radius 3 is 2.33 bits per heavy atom. The Kier molecular flexibility index (Phi) is 5.69. The van der Waals surface area contributed by atoms with Crippen molar-refractivity contribution in [2.45, 2.75) is 0 Å². The molecule has 0 aliphatic rings. The zero-order valence-electron chi connectivity index (χ0n) is 14.2. The second-order valence-electron chi connectivity index (χ2n) is 5.81. The van der Waals surface area contributed by atoms with Crippen molar-refractivity contribution in [3.05, 3.63) is 95.0 Å². The molecule has 0 fully saturated rings. The van der Waals surface area contributed by atoms with Crippen LogP contribution in [0.4, 0.5) is 5.69 Å². The molecular formula is C22H16ClNO3. The number of hydrogen-bond donors (Lipinski definition) is 2. The van der Waals surface area contributed by atoms with Crippen molar-refractivity contribution in [2.75, 3.05) is 5.32 Å². The van der Waals surface area contributed by atoms with Crippen LogP contribution in [0.25, 0.3) is 17.2 Å². The van der Waals surface area contributed by atoms with Crippen LogP contribution in [-0.4, -0.2) is 17.0 Å². The summed E-state index contributed by atoms with van der Waals surface area (Å²) in [5.74, 6) is -1.53. The molecule has 0 unspecified atom stereocenters. The largest absolute Gasteiger partial charge is 0.478 e. The molecule has 2 N–H and O–H groups in total. The summed E-state index contributed by atoms with van der Waals surface area (Å²) in [5.41, 5.74) is 2.70. The van der Waals surface area contributed by atoms with E-state index in [4.69, 9.17) is 11.6 Å². The number of carbonyl (C=O) groups is 2. The molecule has 0 atom stereocenters. The van der Waals surface area contributed by atoms with Crippen LogP contribution in [0.1, 0.15) is 15.9 Å². The Morgan fingerprint density at radius 1 is 0.889 bits per heavy atom. The topological polar surface area (TPSA) is 66.4 Å². The second kappa shape index (κ2) is 8.34. The van der Waals surface area contributed by atoms with E-state index in [1.165, 1.54) is 12.1 Å². The molecule has 3 aromatic carbocycles. The lowest BCUT2D eigenvalue weighted by Crippen LogP contribution is -2.12. The Hall–Kier alpha value is -3.37. The van der Waals surface area contributed by atoms with E-state index >= 15 is 0 Å². The number of aromatic carboxylic acids is 1. The van der Waals surface area contributed by atoms with Gasteiger partial charge in [-0.05, 0) is 47.0 Å². The zero-order valence-corrected chi connectivity index (χ0v) is 15.0. The maximum atomic E-state index is 12.3. The quantitative estimate of drug-likeness (QED) is 0.588. The number of carbonyl (C=O) groups excluding carboxylic acids is 1. The highest BCUT2D eigenvalue weighted by atomic mass is 35.5. The highest BCUT2D eigenvalue weighted by Crippen LogP contribution is 2.27. The second-order valence-corrected chi connectivity index (χ2v) is 6.25. The molecule has 0 aliphatic carbocycles. The predicted octanol–water partition coefficient (Wildman–Crippen LogP) is 5.36. The fraction of sp³-hybridized carbons (Fsp3) is 0. The van der Waals surface area contributed by atoms with Crippen molar-refractivity contribution in [1.82, 2.24) is 0 Å². The van der Waals surface area contributed by atoms with Crippen LogP contribution in [-0.2, 0) is 4.79 Å². The summed E-state index contributed by atoms with van der Waals surface area (Å²) in [4.78, 5) is 23.7. The summed E-state index contributed by atoms with van der Waals surface area (Å²) in [7, 11) is 0. The Morgan fingerprint density at radius 2 is 1.63 bits per heavy atom. The Balaban J connectivity index is 1.88. The molecule has 27 heavy (non-hydrogen) atoms. The van der Waals surface area contributed by atoms with Gasteiger partial charge >= 0.3 is 5.97 Å². The van der Waals surface area contributed by atoms with Crippen LogP contribution < -0.4 is 5.32 Å². The minimum absolute atomic E-state index is 0.0160.